The summed E-state index contributed by atoms with van der Waals surface area (Å²) in [5.41, 5.74) is -0.0825. The van der Waals surface area contributed by atoms with Gasteiger partial charge in [0.05, 0.1) is 53.7 Å². The lowest BCUT2D eigenvalue weighted by atomic mass is 9.69. The minimum atomic E-state index is -5.15. The number of pyridine rings is 1. The number of phenols is 1. The molecule has 1 N–H and O–H groups in total. The van der Waals surface area contributed by atoms with E-state index in [2.05, 4.69) is 4.98 Å². The summed E-state index contributed by atoms with van der Waals surface area (Å²) in [6.45, 7) is 0.128. The Labute approximate surface area is 294 Å². The number of rotatable bonds is 8. The zero-order valence-electron chi connectivity index (χ0n) is 27.7. The second-order valence-electron chi connectivity index (χ2n) is 13.2. The minimum absolute atomic E-state index is 0.0306. The van der Waals surface area contributed by atoms with Crippen LogP contribution in [0.4, 0.5) is 32.0 Å². The quantitative estimate of drug-likeness (QED) is 0.112. The summed E-state index contributed by atoms with van der Waals surface area (Å²) < 4.78 is 94.0. The Hall–Kier alpha value is -5.01. The van der Waals surface area contributed by atoms with E-state index in [0.717, 1.165) is 27.8 Å². The van der Waals surface area contributed by atoms with Gasteiger partial charge in [-0.15, -0.1) is 0 Å². The van der Waals surface area contributed by atoms with Gasteiger partial charge in [0.25, 0.3) is 0 Å². The normalized spacial score (nSPS) is 22.4. The summed E-state index contributed by atoms with van der Waals surface area (Å²) in [5.74, 6) is -4.25. The summed E-state index contributed by atoms with van der Waals surface area (Å²) >= 11 is 0. The molecule has 2 fully saturated rings. The summed E-state index contributed by atoms with van der Waals surface area (Å²) in [6.07, 6.45) is -6.20. The largest absolute Gasteiger partial charge is 0.507 e. The summed E-state index contributed by atoms with van der Waals surface area (Å²) in [4.78, 5) is 32.8. The third-order valence-corrected chi connectivity index (χ3v) is 10.1. The molecule has 2 aliphatic heterocycles. The number of methoxy groups -OCH3 is 1. The van der Waals surface area contributed by atoms with Crippen molar-refractivity contribution in [1.82, 2.24) is 4.98 Å². The molecule has 0 bridgehead atoms. The first-order valence-electron chi connectivity index (χ1n) is 16.6. The molecule has 13 heteroatoms. The lowest BCUT2D eigenvalue weighted by Gasteiger charge is -2.31. The monoisotopic (exact) mass is 722 g/mol. The van der Waals surface area contributed by atoms with Crippen molar-refractivity contribution >= 4 is 39.9 Å². The van der Waals surface area contributed by atoms with E-state index in [1.165, 1.54) is 7.11 Å². The fraction of sp³-hybridized carbons (Fsp3) is 0.308. The van der Waals surface area contributed by atoms with Crippen molar-refractivity contribution in [3.63, 3.8) is 0 Å². The van der Waals surface area contributed by atoms with Crippen molar-refractivity contribution in [2.75, 3.05) is 25.2 Å². The average Bonchev–Trinajstić information content (AvgIpc) is 3.65. The number of amides is 2. The first kappa shape index (κ1) is 35.4. The number of carbonyl (C=O) groups excluding carboxylic acids is 2. The van der Waals surface area contributed by atoms with Crippen molar-refractivity contribution < 1.29 is 50.5 Å². The number of nitrogens with zero attached hydrogens (tertiary/aromatic N) is 2. The lowest BCUT2D eigenvalue weighted by molar-refractivity contribution is -0.143. The van der Waals surface area contributed by atoms with Crippen LogP contribution in [-0.4, -0.2) is 48.3 Å². The van der Waals surface area contributed by atoms with Crippen LogP contribution in [-0.2, 0) is 31.4 Å². The standard InChI is InChI=1S/C39H32F6N2O5/c1-51-19-23-15-29-35(37(50)47(36(29)49)26-17-24(38(40,41)42)16-25(18-26)39(43,44)45)30-20-52-33(34(23)30)12-10-22(31-8-4-5-13-46-31)14-21-9-11-32(48)28-7-3-2-6-27(21)28/h2-9,11,13-14,16-18,29-30,33,35,48H,10,12,15,19-20H2,1H3/b22-14-/t29-,30+,33-,35-/m1/s1. The fourth-order valence-corrected chi connectivity index (χ4v) is 7.84. The lowest BCUT2D eigenvalue weighted by Crippen LogP contribution is -2.35. The number of imide groups is 1. The average molecular weight is 723 g/mol. The van der Waals surface area contributed by atoms with E-state index in [4.69, 9.17) is 9.47 Å². The molecule has 7 nitrogen and oxygen atoms in total. The van der Waals surface area contributed by atoms with Crippen molar-refractivity contribution in [3.05, 3.63) is 113 Å². The fourth-order valence-electron chi connectivity index (χ4n) is 7.84. The van der Waals surface area contributed by atoms with Crippen LogP contribution < -0.4 is 4.90 Å². The van der Waals surface area contributed by atoms with Gasteiger partial charge in [-0.1, -0.05) is 36.4 Å². The molecule has 0 unspecified atom stereocenters. The van der Waals surface area contributed by atoms with E-state index < -0.39 is 64.8 Å². The highest BCUT2D eigenvalue weighted by Crippen LogP contribution is 2.51. The van der Waals surface area contributed by atoms with E-state index >= 15 is 0 Å². The van der Waals surface area contributed by atoms with E-state index in [0.29, 0.717) is 40.8 Å². The third kappa shape index (κ3) is 6.47. The van der Waals surface area contributed by atoms with Crippen LogP contribution in [0.2, 0.25) is 0 Å². The number of fused-ring (bicyclic) bond motifs is 4. The Balaban J connectivity index is 1.21. The van der Waals surface area contributed by atoms with E-state index in [9.17, 15) is 41.0 Å². The molecule has 2 amide bonds. The van der Waals surface area contributed by atoms with Crippen LogP contribution in [0.5, 0.6) is 5.75 Å². The van der Waals surface area contributed by atoms with Gasteiger partial charge in [0, 0.05) is 24.6 Å². The molecule has 7 rings (SSSR count). The highest BCUT2D eigenvalue weighted by molar-refractivity contribution is 6.22. The molecule has 3 aromatic carbocycles. The maximum absolute atomic E-state index is 14.0. The molecule has 4 aromatic rings. The SMILES string of the molecule is COCC1=C2[C@@H](CC/C(=C/c3ccc(O)c4ccccc34)c3ccccn3)OC[C@@H]2[C@@H]2C(=O)N(c3cc(C(F)(F)F)cc(C(F)(F)F)c3)C(=O)[C@@H]2C1. The molecule has 270 valence electrons. The van der Waals surface area contributed by atoms with E-state index in [-0.39, 0.29) is 31.5 Å². The van der Waals surface area contributed by atoms with Gasteiger partial charge >= 0.3 is 12.4 Å². The van der Waals surface area contributed by atoms with Crippen molar-refractivity contribution in [2.24, 2.45) is 17.8 Å². The maximum atomic E-state index is 14.0. The molecule has 0 spiro atoms. The molecule has 52 heavy (non-hydrogen) atoms. The first-order chi connectivity index (χ1) is 24.8. The molecule has 1 aromatic heterocycles. The number of aromatic hydroxyl groups is 1. The third-order valence-electron chi connectivity index (χ3n) is 10.1. The van der Waals surface area contributed by atoms with Gasteiger partial charge in [0.2, 0.25) is 11.8 Å². The highest BCUT2D eigenvalue weighted by Gasteiger charge is 2.57. The van der Waals surface area contributed by atoms with E-state index in [1.807, 2.05) is 48.5 Å². The van der Waals surface area contributed by atoms with E-state index in [1.54, 1.807) is 18.3 Å². The molecular formula is C39H32F6N2O5. The maximum Gasteiger partial charge on any atom is 0.416 e. The number of ether oxygens (including phenoxy) is 2. The number of carbonyl (C=O) groups is 2. The number of hydrogen-bond acceptors (Lipinski definition) is 6. The second kappa shape index (κ2) is 13.5. The van der Waals surface area contributed by atoms with Gasteiger partial charge in [-0.2, -0.15) is 26.3 Å². The zero-order chi connectivity index (χ0) is 36.9. The van der Waals surface area contributed by atoms with Crippen LogP contribution in [0, 0.1) is 17.8 Å². The summed E-state index contributed by atoms with van der Waals surface area (Å²) in [5, 5.41) is 12.0. The number of aromatic nitrogens is 1. The molecule has 1 aliphatic carbocycles. The summed E-state index contributed by atoms with van der Waals surface area (Å²) in [7, 11) is 1.47. The van der Waals surface area contributed by atoms with Crippen LogP contribution in [0.1, 0.15) is 41.6 Å². The predicted molar refractivity (Wildman–Crippen MR) is 180 cm³/mol. The number of anilines is 1. The number of benzene rings is 3. The van der Waals surface area contributed by atoms with Crippen LogP contribution in [0.25, 0.3) is 22.4 Å². The van der Waals surface area contributed by atoms with Gasteiger partial charge in [0.1, 0.15) is 5.75 Å². The Morgan fingerprint density at radius 2 is 1.62 bits per heavy atom. The van der Waals surface area contributed by atoms with Crippen molar-refractivity contribution in [3.8, 4) is 5.75 Å². The number of halogens is 6. The zero-order valence-corrected chi connectivity index (χ0v) is 27.7. The number of hydrogen-bond donors (Lipinski definition) is 1. The molecular weight excluding hydrogens is 690 g/mol. The highest BCUT2D eigenvalue weighted by atomic mass is 19.4. The Bertz CT molecular complexity index is 2080. The van der Waals surface area contributed by atoms with Gasteiger partial charge in [-0.3, -0.25) is 14.6 Å². The number of alkyl halides is 6. The van der Waals surface area contributed by atoms with Gasteiger partial charge in [-0.05, 0) is 89.4 Å². The molecule has 0 radical (unpaired) electrons. The molecule has 3 aliphatic rings. The number of phenolic OH excluding ortho intramolecular Hbond substituents is 1. The molecule has 4 atom stereocenters. The van der Waals surface area contributed by atoms with Crippen molar-refractivity contribution in [2.45, 2.75) is 37.7 Å². The Morgan fingerprint density at radius 3 is 2.27 bits per heavy atom. The van der Waals surface area contributed by atoms with Crippen LogP contribution in [0.3, 0.4) is 0 Å². The Morgan fingerprint density at radius 1 is 0.923 bits per heavy atom. The predicted octanol–water partition coefficient (Wildman–Crippen LogP) is 8.47. The van der Waals surface area contributed by atoms with Crippen molar-refractivity contribution in [1.29, 1.82) is 0 Å². The van der Waals surface area contributed by atoms with Gasteiger partial charge in [0.15, 0.2) is 0 Å². The molecule has 0 saturated carbocycles. The number of allylic oxidation sites excluding steroid dienone is 1. The smallest absolute Gasteiger partial charge is 0.416 e. The topological polar surface area (TPSA) is 89.0 Å². The van der Waals surface area contributed by atoms with Crippen LogP contribution in [0.15, 0.2) is 90.1 Å². The van der Waals surface area contributed by atoms with Crippen LogP contribution >= 0.6 is 0 Å². The second-order valence-corrected chi connectivity index (χ2v) is 13.2. The van der Waals surface area contributed by atoms with Gasteiger partial charge in [-0.25, -0.2) is 4.90 Å². The molecule has 2 saturated heterocycles. The molecule has 3 heterocycles. The van der Waals surface area contributed by atoms with Gasteiger partial charge < -0.3 is 14.6 Å². The first-order valence-corrected chi connectivity index (χ1v) is 16.6. The Kier molecular flexibility index (Phi) is 9.20. The summed E-state index contributed by atoms with van der Waals surface area (Å²) in [6, 6.07) is 17.2. The minimum Gasteiger partial charge on any atom is -0.507 e.